The van der Waals surface area contributed by atoms with E-state index in [1.54, 1.807) is 6.92 Å². The minimum absolute atomic E-state index is 0. The molecular weight excluding hydrogens is 380 g/mol. The third kappa shape index (κ3) is 5.89. The van der Waals surface area contributed by atoms with E-state index in [0.717, 1.165) is 11.6 Å². The second-order valence-electron chi connectivity index (χ2n) is 6.01. The van der Waals surface area contributed by atoms with Crippen LogP contribution in [-0.4, -0.2) is 39.0 Å². The molecule has 1 aromatic carbocycles. The van der Waals surface area contributed by atoms with Crippen LogP contribution in [0, 0.1) is 0 Å². The molecule has 0 aliphatic rings. The van der Waals surface area contributed by atoms with Crippen molar-refractivity contribution in [2.75, 3.05) is 18.6 Å². The maximum Gasteiger partial charge on any atom is 0.237 e. The van der Waals surface area contributed by atoms with Crippen molar-refractivity contribution in [3.63, 3.8) is 0 Å². The molecule has 0 aliphatic heterocycles. The first kappa shape index (κ1) is 22.3. The van der Waals surface area contributed by atoms with Crippen molar-refractivity contribution < 1.29 is 22.4 Å². The van der Waals surface area contributed by atoms with Crippen LogP contribution in [0.3, 0.4) is 0 Å². The maximum absolute atomic E-state index is 12.1. The van der Waals surface area contributed by atoms with E-state index >= 15 is 0 Å². The summed E-state index contributed by atoms with van der Waals surface area (Å²) >= 11 is 0. The number of hydrogen-bond donors (Lipinski definition) is 2. The molecule has 2 atom stereocenters. The van der Waals surface area contributed by atoms with Gasteiger partial charge in [0.25, 0.3) is 0 Å². The zero-order chi connectivity index (χ0) is 18.6. The fraction of sp³-hybridized carbons (Fsp3) is 0.471. The smallest absolute Gasteiger partial charge is 0.237 e. The largest absolute Gasteiger partial charge is 0.490 e. The van der Waals surface area contributed by atoms with Gasteiger partial charge in [0.05, 0.1) is 24.4 Å². The molecule has 1 amide bonds. The van der Waals surface area contributed by atoms with Gasteiger partial charge in [0.1, 0.15) is 15.6 Å². The average Bonchev–Trinajstić information content (AvgIpc) is 2.97. The van der Waals surface area contributed by atoms with Crippen molar-refractivity contribution in [1.82, 2.24) is 5.32 Å². The van der Waals surface area contributed by atoms with Crippen molar-refractivity contribution in [1.29, 1.82) is 0 Å². The van der Waals surface area contributed by atoms with Gasteiger partial charge in [-0.25, -0.2) is 8.42 Å². The lowest BCUT2D eigenvalue weighted by molar-refractivity contribution is -0.123. The highest BCUT2D eigenvalue weighted by molar-refractivity contribution is 7.90. The monoisotopic (exact) mass is 404 g/mol. The third-order valence-electron chi connectivity index (χ3n) is 3.75. The molecule has 0 saturated heterocycles. The molecule has 26 heavy (non-hydrogen) atoms. The van der Waals surface area contributed by atoms with Gasteiger partial charge in [0.2, 0.25) is 5.91 Å². The zero-order valence-corrected chi connectivity index (χ0v) is 16.7. The summed E-state index contributed by atoms with van der Waals surface area (Å²) in [6.07, 6.45) is 1.19. The van der Waals surface area contributed by atoms with Gasteiger partial charge < -0.3 is 20.2 Å². The molecule has 1 aromatic heterocycles. The Balaban J connectivity index is 0.00000338. The Hall–Kier alpha value is -1.77. The Bertz CT molecular complexity index is 850. The summed E-state index contributed by atoms with van der Waals surface area (Å²) in [5.74, 6) is 0.681. The predicted octanol–water partition coefficient (Wildman–Crippen LogP) is 2.19. The van der Waals surface area contributed by atoms with Crippen LogP contribution in [-0.2, 0) is 14.6 Å². The molecule has 1 heterocycles. The van der Waals surface area contributed by atoms with Crippen LogP contribution in [0.15, 0.2) is 28.7 Å². The quantitative estimate of drug-likeness (QED) is 0.697. The fourth-order valence-corrected chi connectivity index (χ4v) is 3.08. The summed E-state index contributed by atoms with van der Waals surface area (Å²) in [6, 6.07) is 6.14. The maximum atomic E-state index is 12.1. The first-order chi connectivity index (χ1) is 11.7. The number of benzene rings is 1. The number of sulfone groups is 1. The van der Waals surface area contributed by atoms with Crippen LogP contribution in [0.5, 0.6) is 5.75 Å². The van der Waals surface area contributed by atoms with Crippen molar-refractivity contribution in [2.24, 2.45) is 5.73 Å². The molecule has 7 nitrogen and oxygen atoms in total. The first-order valence-corrected chi connectivity index (χ1v) is 10.2. The van der Waals surface area contributed by atoms with Crippen LogP contribution in [0.1, 0.15) is 32.1 Å². The highest BCUT2D eigenvalue weighted by atomic mass is 35.5. The number of rotatable bonds is 8. The van der Waals surface area contributed by atoms with Gasteiger partial charge in [0, 0.05) is 11.6 Å². The number of carbonyl (C=O) groups is 1. The van der Waals surface area contributed by atoms with E-state index < -0.39 is 27.8 Å². The molecule has 0 spiro atoms. The van der Waals surface area contributed by atoms with Gasteiger partial charge in [-0.3, -0.25) is 4.79 Å². The van der Waals surface area contributed by atoms with Crippen LogP contribution in [0.25, 0.3) is 11.0 Å². The Labute approximate surface area is 159 Å². The minimum Gasteiger partial charge on any atom is -0.490 e. The van der Waals surface area contributed by atoms with E-state index in [2.05, 4.69) is 5.32 Å². The van der Waals surface area contributed by atoms with Crippen LogP contribution < -0.4 is 15.8 Å². The van der Waals surface area contributed by atoms with Crippen molar-refractivity contribution in [2.45, 2.75) is 32.4 Å². The fourth-order valence-electron chi connectivity index (χ4n) is 2.40. The van der Waals surface area contributed by atoms with E-state index in [9.17, 15) is 13.2 Å². The van der Waals surface area contributed by atoms with Gasteiger partial charge in [-0.15, -0.1) is 12.4 Å². The molecule has 0 aliphatic carbocycles. The Morgan fingerprint density at radius 3 is 2.69 bits per heavy atom. The molecule has 0 bridgehead atoms. The SMILES string of the molecule is CCOc1cccc2cc(C(C)NC(=O)C(N)CCS(C)(=O)=O)oc12.Cl. The van der Waals surface area contributed by atoms with Crippen molar-refractivity contribution >= 4 is 39.1 Å². The van der Waals surface area contributed by atoms with Crippen molar-refractivity contribution in [3.8, 4) is 5.75 Å². The number of halogens is 1. The summed E-state index contributed by atoms with van der Waals surface area (Å²) < 4.78 is 33.7. The lowest BCUT2D eigenvalue weighted by Crippen LogP contribution is -2.42. The van der Waals surface area contributed by atoms with Crippen LogP contribution >= 0.6 is 12.4 Å². The summed E-state index contributed by atoms with van der Waals surface area (Å²) in [5, 5.41) is 3.63. The molecule has 2 rings (SSSR count). The first-order valence-electron chi connectivity index (χ1n) is 8.10. The number of nitrogens with two attached hydrogens (primary N) is 1. The van der Waals surface area contributed by atoms with Gasteiger partial charge in [-0.2, -0.15) is 0 Å². The highest BCUT2D eigenvalue weighted by Crippen LogP contribution is 2.31. The lowest BCUT2D eigenvalue weighted by Gasteiger charge is -2.15. The summed E-state index contributed by atoms with van der Waals surface area (Å²) in [5.41, 5.74) is 6.39. The zero-order valence-electron chi connectivity index (χ0n) is 15.0. The molecule has 0 saturated carbocycles. The highest BCUT2D eigenvalue weighted by Gasteiger charge is 2.21. The molecule has 3 N–H and O–H groups in total. The number of fused-ring (bicyclic) bond motifs is 1. The molecule has 146 valence electrons. The predicted molar refractivity (Wildman–Crippen MR) is 103 cm³/mol. The number of nitrogens with one attached hydrogen (secondary N) is 1. The molecule has 9 heteroatoms. The molecule has 2 aromatic rings. The molecule has 0 radical (unpaired) electrons. The molecular formula is C17H25ClN2O5S. The second-order valence-corrected chi connectivity index (χ2v) is 8.27. The summed E-state index contributed by atoms with van der Waals surface area (Å²) in [4.78, 5) is 12.1. The van der Waals surface area contributed by atoms with E-state index in [4.69, 9.17) is 14.9 Å². The van der Waals surface area contributed by atoms with Gasteiger partial charge >= 0.3 is 0 Å². The van der Waals surface area contributed by atoms with Gasteiger partial charge in [0.15, 0.2) is 11.3 Å². The molecule has 0 fully saturated rings. The Morgan fingerprint density at radius 2 is 2.08 bits per heavy atom. The van der Waals surface area contributed by atoms with Crippen molar-refractivity contribution in [3.05, 3.63) is 30.0 Å². The van der Waals surface area contributed by atoms with E-state index in [1.807, 2.05) is 31.2 Å². The normalized spacial score (nSPS) is 13.7. The third-order valence-corrected chi connectivity index (χ3v) is 4.73. The summed E-state index contributed by atoms with van der Waals surface area (Å²) in [6.45, 7) is 4.19. The Morgan fingerprint density at radius 1 is 1.38 bits per heavy atom. The number of furan rings is 1. The second kappa shape index (κ2) is 9.25. The average molecular weight is 405 g/mol. The number of hydrogen-bond acceptors (Lipinski definition) is 6. The number of para-hydroxylation sites is 1. The molecule has 2 unspecified atom stereocenters. The van der Waals surface area contributed by atoms with E-state index in [-0.39, 0.29) is 24.6 Å². The summed E-state index contributed by atoms with van der Waals surface area (Å²) in [7, 11) is -3.15. The van der Waals surface area contributed by atoms with E-state index in [0.29, 0.717) is 23.7 Å². The lowest BCUT2D eigenvalue weighted by atomic mass is 10.2. The van der Waals surface area contributed by atoms with Crippen LogP contribution in [0.2, 0.25) is 0 Å². The van der Waals surface area contributed by atoms with Crippen LogP contribution in [0.4, 0.5) is 0 Å². The van der Waals surface area contributed by atoms with Gasteiger partial charge in [-0.05, 0) is 32.4 Å². The standard InChI is InChI=1S/C17H24N2O5S.ClH/c1-4-23-14-7-5-6-12-10-15(24-16(12)14)11(2)19-17(20)13(18)8-9-25(3,21)22;/h5-7,10-11,13H,4,8-9,18H2,1-3H3,(H,19,20);1H. The van der Waals surface area contributed by atoms with Gasteiger partial charge in [-0.1, -0.05) is 12.1 Å². The minimum atomic E-state index is -3.15. The number of carbonyl (C=O) groups excluding carboxylic acids is 1. The van der Waals surface area contributed by atoms with E-state index in [1.165, 1.54) is 0 Å². The number of ether oxygens (including phenoxy) is 1. The Kier molecular flexibility index (Phi) is 7.92. The number of amides is 1. The topological polar surface area (TPSA) is 112 Å².